The maximum absolute atomic E-state index is 11.9. The molecule has 0 spiro atoms. The molecule has 1 fully saturated rings. The third-order valence-electron chi connectivity index (χ3n) is 4.13. The van der Waals surface area contributed by atoms with Crippen molar-refractivity contribution >= 4 is 5.91 Å². The first kappa shape index (κ1) is 16.8. The Morgan fingerprint density at radius 3 is 2.50 bits per heavy atom. The zero-order valence-corrected chi connectivity index (χ0v) is 13.5. The highest BCUT2D eigenvalue weighted by atomic mass is 16.5. The Bertz CT molecular complexity index is 453. The molecular formula is C17H26N2O3. The highest BCUT2D eigenvalue weighted by molar-refractivity contribution is 5.78. The van der Waals surface area contributed by atoms with Crippen LogP contribution in [0.15, 0.2) is 24.3 Å². The van der Waals surface area contributed by atoms with Crippen LogP contribution in [-0.4, -0.2) is 57.3 Å². The van der Waals surface area contributed by atoms with Gasteiger partial charge >= 0.3 is 0 Å². The van der Waals surface area contributed by atoms with E-state index in [4.69, 9.17) is 9.47 Å². The fourth-order valence-electron chi connectivity index (χ4n) is 2.70. The molecule has 0 bridgehead atoms. The number of nitrogens with zero attached hydrogens (tertiary/aromatic N) is 1. The Balaban J connectivity index is 1.63. The summed E-state index contributed by atoms with van der Waals surface area (Å²) in [5.74, 6) is 0.955. The van der Waals surface area contributed by atoms with Crippen LogP contribution in [0, 0.1) is 0 Å². The molecule has 0 saturated carbocycles. The molecule has 1 saturated heterocycles. The van der Waals surface area contributed by atoms with Crippen LogP contribution in [0.5, 0.6) is 5.75 Å². The molecule has 2 rings (SSSR count). The molecule has 1 aliphatic heterocycles. The number of piperidine rings is 1. The number of rotatable bonds is 7. The number of amides is 1. The zero-order chi connectivity index (χ0) is 15.8. The third-order valence-corrected chi connectivity index (χ3v) is 4.13. The summed E-state index contributed by atoms with van der Waals surface area (Å²) < 4.78 is 10.5. The second-order valence-corrected chi connectivity index (χ2v) is 5.66. The van der Waals surface area contributed by atoms with Gasteiger partial charge in [-0.3, -0.25) is 9.69 Å². The number of ether oxygens (including phenoxy) is 2. The van der Waals surface area contributed by atoms with E-state index in [0.717, 1.165) is 38.1 Å². The summed E-state index contributed by atoms with van der Waals surface area (Å²) in [6.07, 6.45) is 3.21. The molecule has 1 aromatic rings. The maximum atomic E-state index is 11.9. The minimum absolute atomic E-state index is 0.101. The van der Waals surface area contributed by atoms with Gasteiger partial charge in [-0.1, -0.05) is 12.1 Å². The van der Waals surface area contributed by atoms with Gasteiger partial charge < -0.3 is 14.8 Å². The molecule has 0 radical (unpaired) electrons. The fraction of sp³-hybridized carbons (Fsp3) is 0.588. The predicted molar refractivity (Wildman–Crippen MR) is 86.2 cm³/mol. The monoisotopic (exact) mass is 306 g/mol. The second kappa shape index (κ2) is 8.76. The molecule has 1 amide bonds. The van der Waals surface area contributed by atoms with Crippen molar-refractivity contribution < 1.29 is 14.3 Å². The summed E-state index contributed by atoms with van der Waals surface area (Å²) in [5.41, 5.74) is 1.20. The maximum Gasteiger partial charge on any atom is 0.234 e. The van der Waals surface area contributed by atoms with E-state index in [1.54, 1.807) is 14.2 Å². The molecule has 0 unspecified atom stereocenters. The molecule has 0 atom stereocenters. The summed E-state index contributed by atoms with van der Waals surface area (Å²) in [6.45, 7) is 3.02. The number of methoxy groups -OCH3 is 2. The molecule has 1 aromatic carbocycles. The van der Waals surface area contributed by atoms with Crippen LogP contribution in [0.3, 0.4) is 0 Å². The molecule has 1 N–H and O–H groups in total. The number of hydrogen-bond donors (Lipinski definition) is 1. The Morgan fingerprint density at radius 1 is 1.23 bits per heavy atom. The van der Waals surface area contributed by atoms with E-state index in [0.29, 0.717) is 19.2 Å². The van der Waals surface area contributed by atoms with Crippen LogP contribution in [0.1, 0.15) is 18.4 Å². The summed E-state index contributed by atoms with van der Waals surface area (Å²) in [6, 6.07) is 7.94. The van der Waals surface area contributed by atoms with Crippen molar-refractivity contribution in [2.24, 2.45) is 0 Å². The van der Waals surface area contributed by atoms with Crippen LogP contribution < -0.4 is 10.1 Å². The van der Waals surface area contributed by atoms with Crippen LogP contribution in [0.2, 0.25) is 0 Å². The number of hydrogen-bond acceptors (Lipinski definition) is 4. The molecule has 0 aromatic heterocycles. The smallest absolute Gasteiger partial charge is 0.234 e. The van der Waals surface area contributed by atoms with Gasteiger partial charge in [0.05, 0.1) is 19.8 Å². The van der Waals surface area contributed by atoms with Crippen molar-refractivity contribution in [2.45, 2.75) is 25.4 Å². The van der Waals surface area contributed by atoms with Crippen LogP contribution in [-0.2, 0) is 16.0 Å². The van der Waals surface area contributed by atoms with Crippen molar-refractivity contribution in [1.29, 1.82) is 0 Å². The van der Waals surface area contributed by atoms with E-state index < -0.39 is 0 Å². The van der Waals surface area contributed by atoms with Gasteiger partial charge in [0.25, 0.3) is 0 Å². The lowest BCUT2D eigenvalue weighted by Crippen LogP contribution is -2.43. The summed E-state index contributed by atoms with van der Waals surface area (Å²) in [5, 5.41) is 2.99. The number of carbonyl (C=O) groups is 1. The number of likely N-dealkylation sites (tertiary alicyclic amines) is 1. The van der Waals surface area contributed by atoms with Crippen molar-refractivity contribution in [3.63, 3.8) is 0 Å². The zero-order valence-electron chi connectivity index (χ0n) is 13.5. The Kier molecular flexibility index (Phi) is 6.68. The molecular weight excluding hydrogens is 280 g/mol. The third kappa shape index (κ3) is 5.31. The van der Waals surface area contributed by atoms with Crippen LogP contribution in [0.25, 0.3) is 0 Å². The molecule has 5 nitrogen and oxygen atoms in total. The Morgan fingerprint density at radius 2 is 1.91 bits per heavy atom. The first-order valence-corrected chi connectivity index (χ1v) is 7.86. The minimum Gasteiger partial charge on any atom is -0.497 e. The van der Waals surface area contributed by atoms with Crippen molar-refractivity contribution in [1.82, 2.24) is 10.2 Å². The lowest BCUT2D eigenvalue weighted by Gasteiger charge is -2.30. The Labute approximate surface area is 132 Å². The average Bonchev–Trinajstić information content (AvgIpc) is 2.56. The first-order valence-electron chi connectivity index (χ1n) is 7.86. The normalized spacial score (nSPS) is 16.5. The number of nitrogens with one attached hydrogen (secondary N) is 1. The van der Waals surface area contributed by atoms with Gasteiger partial charge in [-0.25, -0.2) is 0 Å². The van der Waals surface area contributed by atoms with E-state index >= 15 is 0 Å². The standard InChI is InChI=1S/C17H26N2O3/c1-21-15-5-3-14(4-6-15)7-10-18-17(20)13-19-11-8-16(22-2)9-12-19/h3-6,16H,7-13H2,1-2H3,(H,18,20). The van der Waals surface area contributed by atoms with Gasteiger partial charge in [0.2, 0.25) is 5.91 Å². The second-order valence-electron chi connectivity index (χ2n) is 5.66. The van der Waals surface area contributed by atoms with E-state index in [2.05, 4.69) is 10.2 Å². The fourth-order valence-corrected chi connectivity index (χ4v) is 2.70. The molecule has 122 valence electrons. The van der Waals surface area contributed by atoms with E-state index in [1.807, 2.05) is 24.3 Å². The molecule has 5 heteroatoms. The van der Waals surface area contributed by atoms with E-state index in [-0.39, 0.29) is 5.91 Å². The topological polar surface area (TPSA) is 50.8 Å². The van der Waals surface area contributed by atoms with Gasteiger partial charge in [0.1, 0.15) is 5.75 Å². The SMILES string of the molecule is COc1ccc(CCNC(=O)CN2CCC(OC)CC2)cc1. The molecule has 22 heavy (non-hydrogen) atoms. The van der Waals surface area contributed by atoms with Crippen molar-refractivity contribution in [3.8, 4) is 5.75 Å². The summed E-state index contributed by atoms with van der Waals surface area (Å²) in [4.78, 5) is 14.1. The van der Waals surface area contributed by atoms with Gasteiger partial charge in [-0.05, 0) is 37.0 Å². The number of benzene rings is 1. The van der Waals surface area contributed by atoms with E-state index in [1.165, 1.54) is 5.56 Å². The van der Waals surface area contributed by atoms with Gasteiger partial charge in [-0.15, -0.1) is 0 Å². The number of carbonyl (C=O) groups excluding carboxylic acids is 1. The first-order chi connectivity index (χ1) is 10.7. The molecule has 0 aliphatic carbocycles. The van der Waals surface area contributed by atoms with Gasteiger partial charge in [0, 0.05) is 26.7 Å². The summed E-state index contributed by atoms with van der Waals surface area (Å²) >= 11 is 0. The van der Waals surface area contributed by atoms with Crippen molar-refractivity contribution in [2.75, 3.05) is 40.4 Å². The highest BCUT2D eigenvalue weighted by Crippen LogP contribution is 2.12. The lowest BCUT2D eigenvalue weighted by molar-refractivity contribution is -0.122. The molecule has 1 heterocycles. The van der Waals surface area contributed by atoms with Crippen molar-refractivity contribution in [3.05, 3.63) is 29.8 Å². The summed E-state index contributed by atoms with van der Waals surface area (Å²) in [7, 11) is 3.41. The van der Waals surface area contributed by atoms with Crippen LogP contribution in [0.4, 0.5) is 0 Å². The Hall–Kier alpha value is -1.59. The van der Waals surface area contributed by atoms with Gasteiger partial charge in [-0.2, -0.15) is 0 Å². The predicted octanol–water partition coefficient (Wildman–Crippen LogP) is 1.46. The van der Waals surface area contributed by atoms with E-state index in [9.17, 15) is 4.79 Å². The quantitative estimate of drug-likeness (QED) is 0.829. The largest absolute Gasteiger partial charge is 0.497 e. The van der Waals surface area contributed by atoms with Gasteiger partial charge in [0.15, 0.2) is 0 Å². The highest BCUT2D eigenvalue weighted by Gasteiger charge is 2.20. The van der Waals surface area contributed by atoms with Crippen LogP contribution >= 0.6 is 0 Å². The molecule has 1 aliphatic rings. The minimum atomic E-state index is 0.101. The lowest BCUT2D eigenvalue weighted by atomic mass is 10.1. The average molecular weight is 306 g/mol.